The Hall–Kier alpha value is -3.30. The Morgan fingerprint density at radius 2 is 1.81 bits per heavy atom. The normalized spacial score (nSPS) is 14.5. The lowest BCUT2D eigenvalue weighted by atomic mass is 10.1. The van der Waals surface area contributed by atoms with Crippen molar-refractivity contribution in [2.45, 2.75) is 25.4 Å². The van der Waals surface area contributed by atoms with Crippen LogP contribution in [0, 0.1) is 11.6 Å². The molecule has 3 aromatic rings. The highest BCUT2D eigenvalue weighted by Gasteiger charge is 2.23. The molecule has 2 heterocycles. The number of hydrogen-bond donors (Lipinski definition) is 4. The summed E-state index contributed by atoms with van der Waals surface area (Å²) in [5.41, 5.74) is 6.38. The summed E-state index contributed by atoms with van der Waals surface area (Å²) in [5.74, 6) is -3.03. The number of rotatable bonds is 7. The molecule has 31 heavy (non-hydrogen) atoms. The number of amides is 1. The monoisotopic (exact) mass is 427 g/mol. The largest absolute Gasteiger partial charge is 0.419 e. The smallest absolute Gasteiger partial charge is 0.273 e. The molecular weight excluding hydrogens is 404 g/mol. The van der Waals surface area contributed by atoms with Crippen LogP contribution in [0.3, 0.4) is 0 Å². The van der Waals surface area contributed by atoms with E-state index in [0.717, 1.165) is 50.2 Å². The van der Waals surface area contributed by atoms with Crippen molar-refractivity contribution in [3.63, 3.8) is 0 Å². The lowest BCUT2D eigenvalue weighted by molar-refractivity contribution is 0.0996. The van der Waals surface area contributed by atoms with E-state index in [1.54, 1.807) is 0 Å². The molecule has 1 aliphatic heterocycles. The van der Waals surface area contributed by atoms with Crippen LogP contribution in [0.25, 0.3) is 11.5 Å². The SMILES string of the molecule is NC(=O)c1nc(-c2c(F)cccc2F)oc1Nc1ccc(CNC2CCNCC2)cc1. The van der Waals surface area contributed by atoms with Crippen molar-refractivity contribution >= 4 is 17.5 Å². The summed E-state index contributed by atoms with van der Waals surface area (Å²) in [4.78, 5) is 15.7. The van der Waals surface area contributed by atoms with Gasteiger partial charge >= 0.3 is 0 Å². The first-order chi connectivity index (χ1) is 15.0. The molecule has 4 rings (SSSR count). The minimum absolute atomic E-state index is 0.0780. The maximum absolute atomic E-state index is 14.1. The molecule has 0 saturated carbocycles. The van der Waals surface area contributed by atoms with Gasteiger partial charge in [-0.05, 0) is 55.8 Å². The summed E-state index contributed by atoms with van der Waals surface area (Å²) >= 11 is 0. The Labute approximate surface area is 178 Å². The number of piperidine rings is 1. The van der Waals surface area contributed by atoms with Crippen LogP contribution in [-0.4, -0.2) is 30.0 Å². The van der Waals surface area contributed by atoms with Crippen molar-refractivity contribution in [1.82, 2.24) is 15.6 Å². The average molecular weight is 427 g/mol. The van der Waals surface area contributed by atoms with Gasteiger partial charge in [-0.1, -0.05) is 18.2 Å². The second-order valence-electron chi connectivity index (χ2n) is 7.38. The molecule has 0 unspecified atom stereocenters. The maximum Gasteiger partial charge on any atom is 0.273 e. The topological polar surface area (TPSA) is 105 Å². The van der Waals surface area contributed by atoms with Gasteiger partial charge in [0.2, 0.25) is 11.8 Å². The van der Waals surface area contributed by atoms with Gasteiger partial charge in [0.15, 0.2) is 5.69 Å². The van der Waals surface area contributed by atoms with E-state index in [9.17, 15) is 13.6 Å². The van der Waals surface area contributed by atoms with Crippen LogP contribution >= 0.6 is 0 Å². The molecule has 0 atom stereocenters. The average Bonchev–Trinajstić information content (AvgIpc) is 3.17. The molecule has 1 fully saturated rings. The maximum atomic E-state index is 14.1. The number of halogens is 2. The van der Waals surface area contributed by atoms with Crippen LogP contribution in [0.15, 0.2) is 46.9 Å². The second-order valence-corrected chi connectivity index (χ2v) is 7.38. The third-order valence-corrected chi connectivity index (χ3v) is 5.18. The number of carbonyl (C=O) groups excluding carboxylic acids is 1. The van der Waals surface area contributed by atoms with Crippen LogP contribution in [0.1, 0.15) is 28.9 Å². The predicted octanol–water partition coefficient (Wildman–Crippen LogP) is 3.30. The van der Waals surface area contributed by atoms with E-state index in [1.807, 2.05) is 24.3 Å². The molecule has 0 spiro atoms. The van der Waals surface area contributed by atoms with Gasteiger partial charge in [0.25, 0.3) is 5.91 Å². The third kappa shape index (κ3) is 4.89. The van der Waals surface area contributed by atoms with Gasteiger partial charge in [-0.3, -0.25) is 4.79 Å². The van der Waals surface area contributed by atoms with Crippen molar-refractivity contribution in [3.8, 4) is 11.5 Å². The van der Waals surface area contributed by atoms with E-state index in [0.29, 0.717) is 11.7 Å². The zero-order chi connectivity index (χ0) is 21.8. The molecule has 1 aliphatic rings. The van der Waals surface area contributed by atoms with Gasteiger partial charge in [-0.2, -0.15) is 0 Å². The lowest BCUT2D eigenvalue weighted by Crippen LogP contribution is -2.39. The molecule has 9 heteroatoms. The Bertz CT molecular complexity index is 1040. The fourth-order valence-electron chi connectivity index (χ4n) is 3.51. The standard InChI is InChI=1S/C22H23F2N5O2/c23-16-2-1-3-17(24)18(16)21-29-19(20(25)30)22(31-21)28-15-6-4-13(5-7-15)12-27-14-8-10-26-11-9-14/h1-7,14,26-28H,8-12H2,(H2,25,30). The van der Waals surface area contributed by atoms with E-state index in [2.05, 4.69) is 20.9 Å². The molecule has 0 radical (unpaired) electrons. The predicted molar refractivity (Wildman–Crippen MR) is 113 cm³/mol. The second kappa shape index (κ2) is 9.23. The Morgan fingerprint density at radius 1 is 1.13 bits per heavy atom. The Balaban J connectivity index is 1.49. The van der Waals surface area contributed by atoms with Gasteiger partial charge < -0.3 is 26.1 Å². The number of nitrogens with zero attached hydrogens (tertiary/aromatic N) is 1. The van der Waals surface area contributed by atoms with E-state index in [1.165, 1.54) is 6.07 Å². The van der Waals surface area contributed by atoms with Crippen molar-refractivity contribution in [1.29, 1.82) is 0 Å². The first kappa shape index (κ1) is 21.0. The number of nitrogens with two attached hydrogens (primary N) is 1. The molecule has 7 nitrogen and oxygen atoms in total. The summed E-state index contributed by atoms with van der Waals surface area (Å²) in [6.07, 6.45) is 2.21. The number of oxazole rings is 1. The Kier molecular flexibility index (Phi) is 6.24. The number of anilines is 2. The summed E-state index contributed by atoms with van der Waals surface area (Å²) in [6, 6.07) is 11.4. The van der Waals surface area contributed by atoms with Crippen molar-refractivity contribution in [2.24, 2.45) is 5.73 Å². The number of nitrogens with one attached hydrogen (secondary N) is 3. The summed E-state index contributed by atoms with van der Waals surface area (Å²) in [7, 11) is 0. The van der Waals surface area contributed by atoms with Crippen LogP contribution in [0.2, 0.25) is 0 Å². The van der Waals surface area contributed by atoms with Gasteiger partial charge in [0, 0.05) is 18.3 Å². The highest BCUT2D eigenvalue weighted by Crippen LogP contribution is 2.31. The summed E-state index contributed by atoms with van der Waals surface area (Å²) in [6.45, 7) is 2.80. The zero-order valence-electron chi connectivity index (χ0n) is 16.8. The van der Waals surface area contributed by atoms with Gasteiger partial charge in [0.05, 0.1) is 0 Å². The number of aromatic nitrogens is 1. The third-order valence-electron chi connectivity index (χ3n) is 5.18. The Morgan fingerprint density at radius 3 is 2.45 bits per heavy atom. The van der Waals surface area contributed by atoms with Crippen LogP contribution in [0.4, 0.5) is 20.4 Å². The molecule has 1 saturated heterocycles. The van der Waals surface area contributed by atoms with E-state index in [-0.39, 0.29) is 17.5 Å². The first-order valence-electron chi connectivity index (χ1n) is 10.1. The van der Waals surface area contributed by atoms with Crippen molar-refractivity contribution in [2.75, 3.05) is 18.4 Å². The lowest BCUT2D eigenvalue weighted by Gasteiger charge is -2.23. The van der Waals surface area contributed by atoms with E-state index < -0.39 is 23.1 Å². The number of primary amides is 1. The molecule has 162 valence electrons. The molecule has 0 bridgehead atoms. The van der Waals surface area contributed by atoms with Crippen molar-refractivity contribution in [3.05, 3.63) is 65.4 Å². The molecule has 1 aromatic heterocycles. The minimum Gasteiger partial charge on any atom is -0.419 e. The molecule has 0 aliphatic carbocycles. The van der Waals surface area contributed by atoms with Gasteiger partial charge in [-0.15, -0.1) is 0 Å². The highest BCUT2D eigenvalue weighted by atomic mass is 19.1. The molecule has 1 amide bonds. The summed E-state index contributed by atoms with van der Waals surface area (Å²) in [5, 5.41) is 9.79. The summed E-state index contributed by atoms with van der Waals surface area (Å²) < 4.78 is 33.6. The van der Waals surface area contributed by atoms with E-state index in [4.69, 9.17) is 10.2 Å². The van der Waals surface area contributed by atoms with Gasteiger partial charge in [-0.25, -0.2) is 13.8 Å². The van der Waals surface area contributed by atoms with Crippen molar-refractivity contribution < 1.29 is 18.0 Å². The molecule has 2 aromatic carbocycles. The quantitative estimate of drug-likeness (QED) is 0.461. The van der Waals surface area contributed by atoms with Crippen LogP contribution < -0.4 is 21.7 Å². The number of carbonyl (C=O) groups is 1. The minimum atomic E-state index is -0.878. The fraction of sp³-hybridized carbons (Fsp3) is 0.273. The van der Waals surface area contributed by atoms with E-state index >= 15 is 0 Å². The van der Waals surface area contributed by atoms with Crippen LogP contribution in [0.5, 0.6) is 0 Å². The highest BCUT2D eigenvalue weighted by molar-refractivity contribution is 5.96. The fourth-order valence-corrected chi connectivity index (χ4v) is 3.51. The molecular formula is C22H23F2N5O2. The zero-order valence-corrected chi connectivity index (χ0v) is 16.8. The number of benzene rings is 2. The van der Waals surface area contributed by atoms with Crippen LogP contribution in [-0.2, 0) is 6.54 Å². The van der Waals surface area contributed by atoms with Gasteiger partial charge in [0.1, 0.15) is 17.2 Å². The number of hydrogen-bond acceptors (Lipinski definition) is 6. The first-order valence-corrected chi connectivity index (χ1v) is 10.1. The molecule has 5 N–H and O–H groups in total.